The molecular formula is C17H31IN4OS. The lowest BCUT2D eigenvalue weighted by Gasteiger charge is -2.19. The summed E-state index contributed by atoms with van der Waals surface area (Å²) in [5, 5.41) is 10.7. The molecule has 1 unspecified atom stereocenters. The van der Waals surface area contributed by atoms with Crippen LogP contribution in [0.15, 0.2) is 21.8 Å². The number of carbonyl (C=O) groups is 1. The SMILES string of the molecule is CCNC(=NCC(C)c1ccsc1)NCCC(=O)N(CC)CC.I. The fourth-order valence-electron chi connectivity index (χ4n) is 2.25. The summed E-state index contributed by atoms with van der Waals surface area (Å²) in [5.41, 5.74) is 1.33. The number of nitrogens with zero attached hydrogens (tertiary/aromatic N) is 2. The summed E-state index contributed by atoms with van der Waals surface area (Å²) in [7, 11) is 0. The van der Waals surface area contributed by atoms with E-state index >= 15 is 0 Å². The second-order valence-corrected chi connectivity index (χ2v) is 6.20. The minimum Gasteiger partial charge on any atom is -0.357 e. The normalized spacial score (nSPS) is 12.2. The van der Waals surface area contributed by atoms with Gasteiger partial charge in [0.05, 0.1) is 0 Å². The third kappa shape index (κ3) is 8.32. The maximum Gasteiger partial charge on any atom is 0.224 e. The van der Waals surface area contributed by atoms with Gasteiger partial charge >= 0.3 is 0 Å². The number of hydrogen-bond donors (Lipinski definition) is 2. The molecule has 0 aliphatic carbocycles. The van der Waals surface area contributed by atoms with E-state index in [4.69, 9.17) is 0 Å². The fraction of sp³-hybridized carbons (Fsp3) is 0.647. The van der Waals surface area contributed by atoms with Crippen LogP contribution >= 0.6 is 35.3 Å². The zero-order valence-electron chi connectivity index (χ0n) is 15.2. The smallest absolute Gasteiger partial charge is 0.224 e. The van der Waals surface area contributed by atoms with Gasteiger partial charge in [-0.25, -0.2) is 0 Å². The van der Waals surface area contributed by atoms with Crippen molar-refractivity contribution in [1.29, 1.82) is 0 Å². The van der Waals surface area contributed by atoms with Gasteiger partial charge in [-0.15, -0.1) is 24.0 Å². The van der Waals surface area contributed by atoms with Gasteiger partial charge in [0.15, 0.2) is 5.96 Å². The third-order valence-corrected chi connectivity index (χ3v) is 4.43. The summed E-state index contributed by atoms with van der Waals surface area (Å²) in [6.45, 7) is 11.9. The highest BCUT2D eigenvalue weighted by Gasteiger charge is 2.10. The van der Waals surface area contributed by atoms with Crippen molar-refractivity contribution in [2.75, 3.05) is 32.7 Å². The lowest BCUT2D eigenvalue weighted by atomic mass is 10.1. The Morgan fingerprint density at radius 2 is 2.00 bits per heavy atom. The van der Waals surface area contributed by atoms with E-state index < -0.39 is 0 Å². The molecule has 1 aromatic heterocycles. The highest BCUT2D eigenvalue weighted by Crippen LogP contribution is 2.18. The number of hydrogen-bond acceptors (Lipinski definition) is 3. The Kier molecular flexibility index (Phi) is 13.0. The first kappa shape index (κ1) is 23.2. The first-order valence-corrected chi connectivity index (χ1v) is 9.38. The summed E-state index contributed by atoms with van der Waals surface area (Å²) in [6.07, 6.45) is 0.492. The van der Waals surface area contributed by atoms with Crippen LogP contribution in [-0.4, -0.2) is 49.5 Å². The van der Waals surface area contributed by atoms with Crippen LogP contribution in [0.3, 0.4) is 0 Å². The summed E-state index contributed by atoms with van der Waals surface area (Å²) in [4.78, 5) is 18.5. The predicted octanol–water partition coefficient (Wildman–Crippen LogP) is 3.28. The van der Waals surface area contributed by atoms with Gasteiger partial charge in [0.1, 0.15) is 0 Å². The van der Waals surface area contributed by atoms with E-state index in [2.05, 4.69) is 39.4 Å². The second-order valence-electron chi connectivity index (χ2n) is 5.42. The maximum absolute atomic E-state index is 12.0. The Balaban J connectivity index is 0.00000529. The van der Waals surface area contributed by atoms with E-state index in [-0.39, 0.29) is 29.9 Å². The van der Waals surface area contributed by atoms with E-state index in [1.807, 2.05) is 25.7 Å². The van der Waals surface area contributed by atoms with Crippen molar-refractivity contribution in [3.63, 3.8) is 0 Å². The van der Waals surface area contributed by atoms with Crippen molar-refractivity contribution in [2.45, 2.75) is 40.0 Å². The Bertz CT molecular complexity index is 475. The summed E-state index contributed by atoms with van der Waals surface area (Å²) < 4.78 is 0. The molecule has 0 saturated carbocycles. The molecule has 7 heteroatoms. The van der Waals surface area contributed by atoms with Crippen LogP contribution < -0.4 is 10.6 Å². The average Bonchev–Trinajstić information content (AvgIpc) is 3.08. The van der Waals surface area contributed by atoms with Crippen molar-refractivity contribution >= 4 is 47.2 Å². The molecule has 138 valence electrons. The molecule has 1 heterocycles. The largest absolute Gasteiger partial charge is 0.357 e. The van der Waals surface area contributed by atoms with Crippen LogP contribution in [0, 0.1) is 0 Å². The van der Waals surface area contributed by atoms with Crippen molar-refractivity contribution in [1.82, 2.24) is 15.5 Å². The van der Waals surface area contributed by atoms with E-state index in [9.17, 15) is 4.79 Å². The van der Waals surface area contributed by atoms with E-state index in [0.29, 0.717) is 18.9 Å². The number of thiophene rings is 1. The van der Waals surface area contributed by atoms with Gasteiger partial charge in [-0.1, -0.05) is 6.92 Å². The van der Waals surface area contributed by atoms with Crippen molar-refractivity contribution in [3.05, 3.63) is 22.4 Å². The number of rotatable bonds is 9. The first-order valence-electron chi connectivity index (χ1n) is 8.44. The molecule has 0 spiro atoms. The predicted molar refractivity (Wildman–Crippen MR) is 115 cm³/mol. The Labute approximate surface area is 167 Å². The Morgan fingerprint density at radius 3 is 2.54 bits per heavy atom. The topological polar surface area (TPSA) is 56.7 Å². The molecule has 1 atom stereocenters. The minimum absolute atomic E-state index is 0. The van der Waals surface area contributed by atoms with E-state index in [1.54, 1.807) is 11.3 Å². The van der Waals surface area contributed by atoms with Crippen LogP contribution in [-0.2, 0) is 4.79 Å². The molecule has 0 fully saturated rings. The van der Waals surface area contributed by atoms with Gasteiger partial charge in [0, 0.05) is 45.1 Å². The Hall–Kier alpha value is -0.830. The first-order chi connectivity index (χ1) is 11.1. The average molecular weight is 466 g/mol. The highest BCUT2D eigenvalue weighted by atomic mass is 127. The monoisotopic (exact) mass is 466 g/mol. The van der Waals surface area contributed by atoms with Crippen molar-refractivity contribution in [2.24, 2.45) is 4.99 Å². The number of carbonyl (C=O) groups excluding carboxylic acids is 1. The minimum atomic E-state index is 0. The van der Waals surface area contributed by atoms with Gasteiger partial charge < -0.3 is 15.5 Å². The standard InChI is InChI=1S/C17H30N4OS.HI/c1-5-18-17(19-10-8-16(22)21(6-2)7-3)20-12-14(4)15-9-11-23-13-15;/h9,11,13-14H,5-8,10,12H2,1-4H3,(H2,18,19,20);1H. The summed E-state index contributed by atoms with van der Waals surface area (Å²) in [5.74, 6) is 1.36. The molecule has 1 amide bonds. The molecule has 0 aromatic carbocycles. The summed E-state index contributed by atoms with van der Waals surface area (Å²) >= 11 is 1.71. The molecule has 24 heavy (non-hydrogen) atoms. The molecular weight excluding hydrogens is 435 g/mol. The van der Waals surface area contributed by atoms with Gasteiger partial charge in [0.25, 0.3) is 0 Å². The van der Waals surface area contributed by atoms with E-state index in [1.165, 1.54) is 5.56 Å². The number of aliphatic imine (C=N–C) groups is 1. The van der Waals surface area contributed by atoms with Crippen LogP contribution in [0.25, 0.3) is 0 Å². The van der Waals surface area contributed by atoms with Crippen LogP contribution in [0.2, 0.25) is 0 Å². The maximum atomic E-state index is 12.0. The zero-order valence-corrected chi connectivity index (χ0v) is 18.3. The van der Waals surface area contributed by atoms with Gasteiger partial charge in [0.2, 0.25) is 5.91 Å². The lowest BCUT2D eigenvalue weighted by Crippen LogP contribution is -2.40. The van der Waals surface area contributed by atoms with Crippen LogP contribution in [0.5, 0.6) is 0 Å². The molecule has 0 aliphatic rings. The van der Waals surface area contributed by atoms with Crippen molar-refractivity contribution < 1.29 is 4.79 Å². The molecule has 5 nitrogen and oxygen atoms in total. The zero-order chi connectivity index (χ0) is 17.1. The van der Waals surface area contributed by atoms with Gasteiger partial charge in [-0.3, -0.25) is 9.79 Å². The molecule has 2 N–H and O–H groups in total. The molecule has 0 saturated heterocycles. The Morgan fingerprint density at radius 1 is 1.29 bits per heavy atom. The number of nitrogens with one attached hydrogen (secondary N) is 2. The number of halogens is 1. The second kappa shape index (κ2) is 13.5. The van der Waals surface area contributed by atoms with Crippen LogP contribution in [0.4, 0.5) is 0 Å². The van der Waals surface area contributed by atoms with Gasteiger partial charge in [-0.2, -0.15) is 11.3 Å². The number of amides is 1. The van der Waals surface area contributed by atoms with Crippen LogP contribution in [0.1, 0.15) is 45.6 Å². The van der Waals surface area contributed by atoms with Crippen molar-refractivity contribution in [3.8, 4) is 0 Å². The lowest BCUT2D eigenvalue weighted by molar-refractivity contribution is -0.130. The van der Waals surface area contributed by atoms with Gasteiger partial charge in [-0.05, 0) is 43.2 Å². The summed E-state index contributed by atoms with van der Waals surface area (Å²) in [6, 6.07) is 2.15. The number of guanidine groups is 1. The highest BCUT2D eigenvalue weighted by molar-refractivity contribution is 14.0. The third-order valence-electron chi connectivity index (χ3n) is 3.73. The fourth-order valence-corrected chi connectivity index (χ4v) is 3.04. The van der Waals surface area contributed by atoms with E-state index in [0.717, 1.165) is 32.1 Å². The quantitative estimate of drug-likeness (QED) is 0.334. The molecule has 0 aliphatic heterocycles. The molecule has 0 bridgehead atoms. The molecule has 0 radical (unpaired) electrons. The molecule has 1 rings (SSSR count). The molecule has 1 aromatic rings.